The monoisotopic (exact) mass is 306 g/mol. The van der Waals surface area contributed by atoms with Crippen LogP contribution in [0.25, 0.3) is 0 Å². The quantitative estimate of drug-likeness (QED) is 0.501. The highest BCUT2D eigenvalue weighted by Gasteiger charge is 2.23. The first-order valence-electron chi connectivity index (χ1n) is 7.75. The summed E-state index contributed by atoms with van der Waals surface area (Å²) >= 11 is 0. The molecule has 1 rings (SSSR count). The Morgan fingerprint density at radius 3 is 1.50 bits per heavy atom. The van der Waals surface area contributed by atoms with Crippen molar-refractivity contribution in [2.75, 3.05) is 0 Å². The van der Waals surface area contributed by atoms with Gasteiger partial charge < -0.3 is 9.47 Å². The Balaban J connectivity index is 3.17. The Labute approximate surface area is 135 Å². The molecule has 22 heavy (non-hydrogen) atoms. The minimum atomic E-state index is -0.668. The van der Waals surface area contributed by atoms with Crippen molar-refractivity contribution in [2.24, 2.45) is 0 Å². The van der Waals surface area contributed by atoms with E-state index in [0.29, 0.717) is 5.75 Å². The van der Waals surface area contributed by atoms with E-state index in [1.807, 2.05) is 32.9 Å². The molecule has 0 amide bonds. The van der Waals surface area contributed by atoms with Gasteiger partial charge in [-0.3, -0.25) is 0 Å². The molecule has 0 aliphatic rings. The molecule has 0 spiro atoms. The van der Waals surface area contributed by atoms with Crippen LogP contribution in [-0.2, 0) is 15.6 Å². The Hall–Kier alpha value is -1.51. The van der Waals surface area contributed by atoms with Gasteiger partial charge in [0.05, 0.1) is 0 Å². The number of carbonyl (C=O) groups excluding carboxylic acids is 1. The summed E-state index contributed by atoms with van der Waals surface area (Å²) < 4.78 is 10.6. The average Bonchev–Trinajstić information content (AvgIpc) is 2.23. The zero-order chi connectivity index (χ0) is 17.3. The van der Waals surface area contributed by atoms with Gasteiger partial charge in [-0.25, -0.2) is 4.79 Å². The Morgan fingerprint density at radius 2 is 1.18 bits per heavy atom. The number of benzene rings is 1. The normalized spacial score (nSPS) is 13.0. The molecule has 3 heteroatoms. The van der Waals surface area contributed by atoms with Gasteiger partial charge in [0.1, 0.15) is 11.4 Å². The molecule has 0 saturated heterocycles. The standard InChI is InChI=1S/C19H30O3/c1-17(2,3)13-10-14(18(4,5)6)12-15(11-13)21-16(20)22-19(7,8)9/h10-12H,1-9H3. The van der Waals surface area contributed by atoms with Crippen LogP contribution < -0.4 is 4.74 Å². The highest BCUT2D eigenvalue weighted by atomic mass is 16.7. The van der Waals surface area contributed by atoms with E-state index in [-0.39, 0.29) is 10.8 Å². The van der Waals surface area contributed by atoms with Gasteiger partial charge in [0.15, 0.2) is 0 Å². The third-order valence-electron chi connectivity index (χ3n) is 3.23. The third-order valence-corrected chi connectivity index (χ3v) is 3.23. The van der Waals surface area contributed by atoms with Crippen LogP contribution in [0.1, 0.15) is 73.4 Å². The van der Waals surface area contributed by atoms with E-state index in [2.05, 4.69) is 47.6 Å². The molecule has 0 bridgehead atoms. The van der Waals surface area contributed by atoms with Gasteiger partial charge in [0, 0.05) is 0 Å². The van der Waals surface area contributed by atoms with Crippen LogP contribution in [0.3, 0.4) is 0 Å². The van der Waals surface area contributed by atoms with Crippen molar-refractivity contribution in [1.82, 2.24) is 0 Å². The summed E-state index contributed by atoms with van der Waals surface area (Å²) in [7, 11) is 0. The number of rotatable bonds is 1. The van der Waals surface area contributed by atoms with Crippen molar-refractivity contribution < 1.29 is 14.3 Å². The summed E-state index contributed by atoms with van der Waals surface area (Å²) in [6.45, 7) is 18.3. The van der Waals surface area contributed by atoms with Crippen molar-refractivity contribution in [1.29, 1.82) is 0 Å². The lowest BCUT2D eigenvalue weighted by molar-refractivity contribution is 0.0205. The molecule has 124 valence electrons. The molecule has 3 nitrogen and oxygen atoms in total. The van der Waals surface area contributed by atoms with E-state index in [9.17, 15) is 4.79 Å². The van der Waals surface area contributed by atoms with Crippen molar-refractivity contribution in [3.63, 3.8) is 0 Å². The molecule has 0 unspecified atom stereocenters. The molecule has 0 aliphatic heterocycles. The number of carbonyl (C=O) groups is 1. The summed E-state index contributed by atoms with van der Waals surface area (Å²) in [6, 6.07) is 6.01. The topological polar surface area (TPSA) is 35.5 Å². The SMILES string of the molecule is CC(C)(C)OC(=O)Oc1cc(C(C)(C)C)cc(C(C)(C)C)c1. The van der Waals surface area contributed by atoms with Gasteiger partial charge >= 0.3 is 6.16 Å². The van der Waals surface area contributed by atoms with Crippen molar-refractivity contribution in [3.8, 4) is 5.75 Å². The largest absolute Gasteiger partial charge is 0.514 e. The van der Waals surface area contributed by atoms with Gasteiger partial charge in [-0.15, -0.1) is 0 Å². The van der Waals surface area contributed by atoms with Gasteiger partial charge in [-0.1, -0.05) is 47.6 Å². The highest BCUT2D eigenvalue weighted by molar-refractivity contribution is 5.64. The second-order valence-corrected chi connectivity index (χ2v) is 8.81. The predicted molar refractivity (Wildman–Crippen MR) is 90.7 cm³/mol. The summed E-state index contributed by atoms with van der Waals surface area (Å²) in [5, 5.41) is 0. The Bertz CT molecular complexity index is 505. The lowest BCUT2D eigenvalue weighted by Crippen LogP contribution is -2.26. The second-order valence-electron chi connectivity index (χ2n) is 8.81. The molecular formula is C19H30O3. The molecule has 0 heterocycles. The maximum atomic E-state index is 11.9. The van der Waals surface area contributed by atoms with Crippen molar-refractivity contribution >= 4 is 6.16 Å². The first-order chi connectivity index (χ1) is 9.68. The summed E-state index contributed by atoms with van der Waals surface area (Å²) in [4.78, 5) is 11.9. The van der Waals surface area contributed by atoms with Crippen LogP contribution in [0.15, 0.2) is 18.2 Å². The van der Waals surface area contributed by atoms with Crippen LogP contribution >= 0.6 is 0 Å². The molecule has 1 aromatic carbocycles. The number of ether oxygens (including phenoxy) is 2. The predicted octanol–water partition coefficient (Wildman–Crippen LogP) is 5.60. The fourth-order valence-corrected chi connectivity index (χ4v) is 1.89. The molecule has 0 aliphatic carbocycles. The second kappa shape index (κ2) is 5.94. The van der Waals surface area contributed by atoms with E-state index >= 15 is 0 Å². The fraction of sp³-hybridized carbons (Fsp3) is 0.632. The van der Waals surface area contributed by atoms with Gasteiger partial charge in [-0.2, -0.15) is 0 Å². The van der Waals surface area contributed by atoms with Crippen LogP contribution in [-0.4, -0.2) is 11.8 Å². The zero-order valence-corrected chi connectivity index (χ0v) is 15.5. The van der Waals surface area contributed by atoms with Crippen molar-refractivity contribution in [2.45, 2.75) is 78.7 Å². The highest BCUT2D eigenvalue weighted by Crippen LogP contribution is 2.33. The maximum Gasteiger partial charge on any atom is 0.514 e. The lowest BCUT2D eigenvalue weighted by atomic mass is 9.80. The summed E-state index contributed by atoms with van der Waals surface area (Å²) in [5.41, 5.74) is 1.67. The maximum absolute atomic E-state index is 11.9. The van der Waals surface area contributed by atoms with E-state index in [0.717, 1.165) is 11.1 Å². The zero-order valence-electron chi connectivity index (χ0n) is 15.5. The minimum absolute atomic E-state index is 0.0205. The van der Waals surface area contributed by atoms with Gasteiger partial charge in [0.25, 0.3) is 0 Å². The van der Waals surface area contributed by atoms with E-state index < -0.39 is 11.8 Å². The summed E-state index contributed by atoms with van der Waals surface area (Å²) in [6.07, 6.45) is -0.668. The van der Waals surface area contributed by atoms with Gasteiger partial charge in [-0.05, 0) is 54.9 Å². The number of hydrogen-bond acceptors (Lipinski definition) is 3. The van der Waals surface area contributed by atoms with E-state index in [4.69, 9.17) is 9.47 Å². The Morgan fingerprint density at radius 1 is 0.773 bits per heavy atom. The first kappa shape index (κ1) is 18.5. The molecule has 0 atom stereocenters. The van der Waals surface area contributed by atoms with Crippen LogP contribution in [0.4, 0.5) is 4.79 Å². The van der Waals surface area contributed by atoms with E-state index in [1.165, 1.54) is 0 Å². The molecule has 0 saturated carbocycles. The molecule has 0 N–H and O–H groups in total. The van der Waals surface area contributed by atoms with Gasteiger partial charge in [0.2, 0.25) is 0 Å². The van der Waals surface area contributed by atoms with Crippen molar-refractivity contribution in [3.05, 3.63) is 29.3 Å². The van der Waals surface area contributed by atoms with E-state index in [1.54, 1.807) is 0 Å². The average molecular weight is 306 g/mol. The minimum Gasteiger partial charge on any atom is -0.428 e. The van der Waals surface area contributed by atoms with Crippen LogP contribution in [0.2, 0.25) is 0 Å². The third kappa shape index (κ3) is 5.70. The van der Waals surface area contributed by atoms with Crippen LogP contribution in [0.5, 0.6) is 5.75 Å². The molecule has 0 fully saturated rings. The Kier molecular flexibility index (Phi) is 5.01. The lowest BCUT2D eigenvalue weighted by Gasteiger charge is -2.26. The smallest absolute Gasteiger partial charge is 0.428 e. The first-order valence-corrected chi connectivity index (χ1v) is 7.75. The molecular weight excluding hydrogens is 276 g/mol. The molecule has 1 aromatic rings. The fourth-order valence-electron chi connectivity index (χ4n) is 1.89. The molecule has 0 aromatic heterocycles. The number of hydrogen-bond donors (Lipinski definition) is 0. The molecule has 0 radical (unpaired) electrons. The van der Waals surface area contributed by atoms with Crippen LogP contribution in [0, 0.1) is 0 Å². The summed E-state index contributed by atoms with van der Waals surface area (Å²) in [5.74, 6) is 0.534.